The molecule has 1 fully saturated rings. The Labute approximate surface area is 189 Å². The number of carbonyl (C=O) groups excluding carboxylic acids is 1. The first-order valence-corrected chi connectivity index (χ1v) is 11.1. The quantitative estimate of drug-likeness (QED) is 0.650. The van der Waals surface area contributed by atoms with Gasteiger partial charge in [0.05, 0.1) is 17.9 Å². The molecule has 3 heterocycles. The van der Waals surface area contributed by atoms with Gasteiger partial charge < -0.3 is 10.0 Å². The summed E-state index contributed by atoms with van der Waals surface area (Å²) >= 11 is 6.24. The number of aliphatic hydroxyl groups is 1. The minimum Gasteiger partial charge on any atom is -0.387 e. The lowest BCUT2D eigenvalue weighted by molar-refractivity contribution is -0.135. The number of benzene rings is 1. The van der Waals surface area contributed by atoms with Crippen molar-refractivity contribution in [2.45, 2.75) is 50.6 Å². The molecule has 2 aliphatic rings. The van der Waals surface area contributed by atoms with Gasteiger partial charge in [0, 0.05) is 29.6 Å². The van der Waals surface area contributed by atoms with Crippen molar-refractivity contribution in [2.24, 2.45) is 0 Å². The molecule has 5 rings (SSSR count). The molecule has 1 N–H and O–H groups in total. The molecule has 1 aromatic carbocycles. The largest absolute Gasteiger partial charge is 0.387 e. The molecule has 3 aromatic rings. The van der Waals surface area contributed by atoms with Gasteiger partial charge in [-0.25, -0.2) is 4.39 Å². The van der Waals surface area contributed by atoms with Crippen molar-refractivity contribution in [2.75, 3.05) is 6.61 Å². The van der Waals surface area contributed by atoms with E-state index in [2.05, 4.69) is 15.2 Å². The Kier molecular flexibility index (Phi) is 5.65. The van der Waals surface area contributed by atoms with E-state index in [-0.39, 0.29) is 30.1 Å². The van der Waals surface area contributed by atoms with Crippen LogP contribution in [-0.4, -0.2) is 42.3 Å². The number of rotatable bonds is 3. The summed E-state index contributed by atoms with van der Waals surface area (Å²) in [4.78, 5) is 18.1. The van der Waals surface area contributed by atoms with E-state index in [0.717, 1.165) is 42.8 Å². The smallest absolute Gasteiger partial charge is 0.248 e. The maximum absolute atomic E-state index is 14.2. The molecule has 7 nitrogen and oxygen atoms in total. The Morgan fingerprint density at radius 1 is 1.12 bits per heavy atom. The van der Waals surface area contributed by atoms with Crippen LogP contribution >= 0.6 is 11.6 Å². The van der Waals surface area contributed by atoms with Crippen LogP contribution in [0.25, 0.3) is 5.69 Å². The van der Waals surface area contributed by atoms with Crippen LogP contribution in [0.2, 0.25) is 5.02 Å². The Morgan fingerprint density at radius 3 is 2.66 bits per heavy atom. The van der Waals surface area contributed by atoms with Crippen molar-refractivity contribution < 1.29 is 14.3 Å². The summed E-state index contributed by atoms with van der Waals surface area (Å²) in [5, 5.41) is 18.9. The lowest BCUT2D eigenvalue weighted by Crippen LogP contribution is -2.32. The number of hydrogen-bond acceptors (Lipinski definition) is 5. The molecule has 166 valence electrons. The molecule has 2 aromatic heterocycles. The molecule has 1 amide bonds. The maximum Gasteiger partial charge on any atom is 0.248 e. The van der Waals surface area contributed by atoms with Crippen molar-refractivity contribution >= 4 is 17.5 Å². The normalized spacial score (nSPS) is 20.4. The number of halogens is 2. The number of carbonyl (C=O) groups is 1. The molecule has 0 spiro atoms. The summed E-state index contributed by atoms with van der Waals surface area (Å²) in [7, 11) is 0. The predicted molar refractivity (Wildman–Crippen MR) is 116 cm³/mol. The van der Waals surface area contributed by atoms with Crippen LogP contribution in [0, 0.1) is 5.82 Å². The molecule has 0 unspecified atom stereocenters. The standard InChI is InChI=1S/C23H23ClFN5O2/c24-17-7-8-19-16(10-17)11-29(21(32)13-31)12-20-27-28-23(30(19)20)15-5-3-14(4-6-15)22-18(25)2-1-9-26-22/h1-2,7-10,14-15,31H,3-6,11-13H2/t14-,15-. The Balaban J connectivity index is 1.46. The van der Waals surface area contributed by atoms with Gasteiger partial charge >= 0.3 is 0 Å². The molecule has 0 atom stereocenters. The fourth-order valence-corrected chi connectivity index (χ4v) is 5.09. The van der Waals surface area contributed by atoms with Gasteiger partial charge in [0.25, 0.3) is 0 Å². The average Bonchev–Trinajstić information content (AvgIpc) is 3.14. The van der Waals surface area contributed by atoms with Gasteiger partial charge in [-0.15, -0.1) is 10.2 Å². The molecule has 1 aliphatic heterocycles. The Hall–Kier alpha value is -2.84. The summed E-state index contributed by atoms with van der Waals surface area (Å²) in [5.74, 6) is 1.16. The second-order valence-electron chi connectivity index (χ2n) is 8.41. The Bertz CT molecular complexity index is 1160. The van der Waals surface area contributed by atoms with Gasteiger partial charge in [-0.1, -0.05) is 11.6 Å². The number of nitrogens with zero attached hydrogens (tertiary/aromatic N) is 5. The molecular formula is C23H23ClFN5O2. The molecule has 9 heteroatoms. The topological polar surface area (TPSA) is 84.1 Å². The monoisotopic (exact) mass is 455 g/mol. The van der Waals surface area contributed by atoms with E-state index < -0.39 is 6.61 Å². The second kappa shape index (κ2) is 8.60. The summed E-state index contributed by atoms with van der Waals surface area (Å²) in [5.41, 5.74) is 2.32. The third-order valence-corrected chi connectivity index (χ3v) is 6.72. The van der Waals surface area contributed by atoms with E-state index in [4.69, 9.17) is 11.6 Å². The number of aromatic nitrogens is 4. The van der Waals surface area contributed by atoms with E-state index in [1.807, 2.05) is 22.8 Å². The molecule has 0 radical (unpaired) electrons. The first-order chi connectivity index (χ1) is 15.5. The molecule has 32 heavy (non-hydrogen) atoms. The molecular weight excluding hydrogens is 433 g/mol. The minimum atomic E-state index is -0.564. The molecule has 0 bridgehead atoms. The summed E-state index contributed by atoms with van der Waals surface area (Å²) < 4.78 is 16.2. The highest BCUT2D eigenvalue weighted by Crippen LogP contribution is 2.41. The summed E-state index contributed by atoms with van der Waals surface area (Å²) in [6.07, 6.45) is 4.99. The van der Waals surface area contributed by atoms with E-state index in [9.17, 15) is 14.3 Å². The Morgan fingerprint density at radius 2 is 1.91 bits per heavy atom. The van der Waals surface area contributed by atoms with Gasteiger partial charge in [0.2, 0.25) is 5.91 Å². The van der Waals surface area contributed by atoms with Crippen LogP contribution in [-0.2, 0) is 17.9 Å². The third-order valence-electron chi connectivity index (χ3n) is 6.48. The maximum atomic E-state index is 14.2. The van der Waals surface area contributed by atoms with Crippen molar-refractivity contribution in [3.05, 3.63) is 70.3 Å². The lowest BCUT2D eigenvalue weighted by atomic mass is 9.79. The number of hydrogen-bond donors (Lipinski definition) is 1. The predicted octanol–water partition coefficient (Wildman–Crippen LogP) is 3.73. The highest BCUT2D eigenvalue weighted by atomic mass is 35.5. The lowest BCUT2D eigenvalue weighted by Gasteiger charge is -2.28. The fourth-order valence-electron chi connectivity index (χ4n) is 4.89. The second-order valence-corrected chi connectivity index (χ2v) is 8.85. The van der Waals surface area contributed by atoms with E-state index in [1.165, 1.54) is 6.07 Å². The van der Waals surface area contributed by atoms with Gasteiger partial charge in [-0.2, -0.15) is 0 Å². The van der Waals surface area contributed by atoms with Gasteiger partial charge in [0.1, 0.15) is 18.2 Å². The molecule has 1 aliphatic carbocycles. The van der Waals surface area contributed by atoms with Gasteiger partial charge in [0.15, 0.2) is 5.82 Å². The van der Waals surface area contributed by atoms with E-state index >= 15 is 0 Å². The van der Waals surface area contributed by atoms with Crippen LogP contribution in [0.3, 0.4) is 0 Å². The van der Waals surface area contributed by atoms with Gasteiger partial charge in [-0.05, 0) is 61.6 Å². The van der Waals surface area contributed by atoms with Crippen molar-refractivity contribution in [3.8, 4) is 5.69 Å². The van der Waals surface area contributed by atoms with E-state index in [0.29, 0.717) is 23.1 Å². The third kappa shape index (κ3) is 3.78. The van der Waals surface area contributed by atoms with Crippen molar-refractivity contribution in [3.63, 3.8) is 0 Å². The van der Waals surface area contributed by atoms with Crippen molar-refractivity contribution in [1.82, 2.24) is 24.6 Å². The van der Waals surface area contributed by atoms with Crippen LogP contribution < -0.4 is 0 Å². The number of pyridine rings is 1. The first kappa shape index (κ1) is 21.0. The van der Waals surface area contributed by atoms with E-state index in [1.54, 1.807) is 17.2 Å². The minimum absolute atomic E-state index is 0.0998. The molecule has 0 saturated heterocycles. The average molecular weight is 456 g/mol. The van der Waals surface area contributed by atoms with Gasteiger partial charge in [-0.3, -0.25) is 14.3 Å². The van der Waals surface area contributed by atoms with Crippen LogP contribution in [0.4, 0.5) is 4.39 Å². The zero-order chi connectivity index (χ0) is 22.2. The summed E-state index contributed by atoms with van der Waals surface area (Å²) in [6, 6.07) is 8.67. The highest BCUT2D eigenvalue weighted by molar-refractivity contribution is 6.30. The van der Waals surface area contributed by atoms with Crippen LogP contribution in [0.15, 0.2) is 36.5 Å². The fraction of sp³-hybridized carbons (Fsp3) is 0.391. The van der Waals surface area contributed by atoms with Crippen molar-refractivity contribution in [1.29, 1.82) is 0 Å². The zero-order valence-electron chi connectivity index (χ0n) is 17.4. The van der Waals surface area contributed by atoms with Crippen LogP contribution in [0.1, 0.15) is 60.4 Å². The first-order valence-electron chi connectivity index (χ1n) is 10.8. The number of amides is 1. The summed E-state index contributed by atoms with van der Waals surface area (Å²) in [6.45, 7) is 0.0297. The van der Waals surface area contributed by atoms with Crippen LogP contribution in [0.5, 0.6) is 0 Å². The SMILES string of the molecule is O=C(CO)N1Cc2cc(Cl)ccc2-n2c(nnc2[C@H]2CC[C@H](c3ncccc3F)CC2)C1. The zero-order valence-corrected chi connectivity index (χ0v) is 18.2. The number of aliphatic hydroxyl groups excluding tert-OH is 1. The highest BCUT2D eigenvalue weighted by Gasteiger charge is 2.32. The molecule has 1 saturated carbocycles. The number of fused-ring (bicyclic) bond motifs is 3.